The van der Waals surface area contributed by atoms with Crippen molar-refractivity contribution in [2.45, 2.75) is 13.0 Å². The van der Waals surface area contributed by atoms with Crippen LogP contribution in [0.1, 0.15) is 17.3 Å². The zero-order valence-electron chi connectivity index (χ0n) is 11.4. The molecule has 0 bridgehead atoms. The highest BCUT2D eigenvalue weighted by atomic mass is 19.1. The lowest BCUT2D eigenvalue weighted by Crippen LogP contribution is -2.26. The van der Waals surface area contributed by atoms with Gasteiger partial charge in [0.05, 0.1) is 5.69 Å². The first-order valence-electron chi connectivity index (χ1n) is 6.34. The molecule has 0 N–H and O–H groups in total. The Labute approximate surface area is 121 Å². The van der Waals surface area contributed by atoms with Gasteiger partial charge >= 0.3 is 0 Å². The van der Waals surface area contributed by atoms with E-state index in [0.29, 0.717) is 5.56 Å². The molecule has 2 aromatic carbocycles. The van der Waals surface area contributed by atoms with E-state index in [1.54, 1.807) is 30.3 Å². The predicted octanol–water partition coefficient (Wildman–Crippen LogP) is 3.75. The zero-order chi connectivity index (χ0) is 15.2. The quantitative estimate of drug-likeness (QED) is 0.477. The molecule has 106 valence electrons. The molecule has 0 heterocycles. The number of carbonyl (C=O) groups is 2. The molecule has 0 aromatic heterocycles. The molecule has 5 heteroatoms. The number of carbonyl (C=O) groups excluding carboxylic acids is 2. The van der Waals surface area contributed by atoms with Gasteiger partial charge in [-0.15, -0.1) is 0 Å². The number of ketones is 2. The first kappa shape index (κ1) is 14.7. The van der Waals surface area contributed by atoms with Gasteiger partial charge in [0, 0.05) is 11.6 Å². The van der Waals surface area contributed by atoms with Crippen LogP contribution in [0.4, 0.5) is 10.1 Å². The van der Waals surface area contributed by atoms with Gasteiger partial charge in [-0.3, -0.25) is 9.59 Å². The molecule has 0 aliphatic carbocycles. The standard InChI is InChI=1S/C16H13FN2O2/c1-11(20)15(16(21)12-6-3-2-4-7-12)19-18-14-9-5-8-13(17)10-14/h2-10,15H,1H3. The van der Waals surface area contributed by atoms with Gasteiger partial charge in [0.2, 0.25) is 0 Å². The number of hydrogen-bond donors (Lipinski definition) is 0. The fourth-order valence-electron chi connectivity index (χ4n) is 1.74. The molecule has 0 aliphatic rings. The summed E-state index contributed by atoms with van der Waals surface area (Å²) in [6.45, 7) is 1.27. The average molecular weight is 284 g/mol. The van der Waals surface area contributed by atoms with Crippen LogP contribution in [0.15, 0.2) is 64.8 Å². The average Bonchev–Trinajstić information content (AvgIpc) is 2.48. The Balaban J connectivity index is 2.24. The summed E-state index contributed by atoms with van der Waals surface area (Å²) in [5, 5.41) is 7.55. The van der Waals surface area contributed by atoms with Crippen molar-refractivity contribution in [2.75, 3.05) is 0 Å². The molecule has 0 aliphatic heterocycles. The van der Waals surface area contributed by atoms with Crippen LogP contribution in [0.2, 0.25) is 0 Å². The van der Waals surface area contributed by atoms with Gasteiger partial charge in [-0.1, -0.05) is 36.4 Å². The molecule has 0 radical (unpaired) electrons. The van der Waals surface area contributed by atoms with Crippen LogP contribution in [-0.4, -0.2) is 17.6 Å². The fraction of sp³-hybridized carbons (Fsp3) is 0.125. The molecule has 0 amide bonds. The van der Waals surface area contributed by atoms with E-state index in [0.717, 1.165) is 0 Å². The third kappa shape index (κ3) is 3.89. The van der Waals surface area contributed by atoms with Crippen LogP contribution in [0, 0.1) is 5.82 Å². The van der Waals surface area contributed by atoms with Gasteiger partial charge in [-0.25, -0.2) is 4.39 Å². The summed E-state index contributed by atoms with van der Waals surface area (Å²) in [7, 11) is 0. The highest BCUT2D eigenvalue weighted by Gasteiger charge is 2.24. The number of hydrogen-bond acceptors (Lipinski definition) is 4. The monoisotopic (exact) mass is 284 g/mol. The van der Waals surface area contributed by atoms with Gasteiger partial charge < -0.3 is 0 Å². The Morgan fingerprint density at radius 1 is 1.05 bits per heavy atom. The second kappa shape index (κ2) is 6.65. The Morgan fingerprint density at radius 2 is 1.76 bits per heavy atom. The van der Waals surface area contributed by atoms with Crippen molar-refractivity contribution in [3.05, 3.63) is 66.0 Å². The molecule has 2 aromatic rings. The lowest BCUT2D eigenvalue weighted by Gasteiger charge is -2.06. The number of nitrogens with zero attached hydrogens (tertiary/aromatic N) is 2. The first-order chi connectivity index (χ1) is 10.1. The van der Waals surface area contributed by atoms with Crippen molar-refractivity contribution < 1.29 is 14.0 Å². The zero-order valence-corrected chi connectivity index (χ0v) is 11.4. The summed E-state index contributed by atoms with van der Waals surface area (Å²) in [5.41, 5.74) is 0.637. The minimum atomic E-state index is -1.21. The molecular formula is C16H13FN2O2. The molecule has 0 saturated heterocycles. The van der Waals surface area contributed by atoms with Gasteiger partial charge in [-0.2, -0.15) is 10.2 Å². The van der Waals surface area contributed by atoms with E-state index in [1.807, 2.05) is 0 Å². The maximum atomic E-state index is 13.0. The van der Waals surface area contributed by atoms with Crippen molar-refractivity contribution in [3.8, 4) is 0 Å². The Kier molecular flexibility index (Phi) is 4.66. The molecule has 21 heavy (non-hydrogen) atoms. The fourth-order valence-corrected chi connectivity index (χ4v) is 1.74. The van der Waals surface area contributed by atoms with Crippen molar-refractivity contribution in [2.24, 2.45) is 10.2 Å². The smallest absolute Gasteiger partial charge is 0.196 e. The Morgan fingerprint density at radius 3 is 2.38 bits per heavy atom. The Hall–Kier alpha value is -2.69. The van der Waals surface area contributed by atoms with Crippen LogP contribution >= 0.6 is 0 Å². The number of Topliss-reactive ketones (excluding diaryl/α,β-unsaturated/α-hetero) is 2. The topological polar surface area (TPSA) is 58.9 Å². The molecule has 0 saturated carbocycles. The molecule has 0 spiro atoms. The predicted molar refractivity (Wildman–Crippen MR) is 76.2 cm³/mol. The van der Waals surface area contributed by atoms with E-state index in [4.69, 9.17) is 0 Å². The molecule has 1 atom stereocenters. The second-order valence-corrected chi connectivity index (χ2v) is 4.44. The third-order valence-electron chi connectivity index (χ3n) is 2.79. The highest BCUT2D eigenvalue weighted by molar-refractivity contribution is 6.13. The van der Waals surface area contributed by atoms with E-state index in [-0.39, 0.29) is 5.69 Å². The molecule has 4 nitrogen and oxygen atoms in total. The lowest BCUT2D eigenvalue weighted by molar-refractivity contribution is -0.117. The normalized spacial score (nSPS) is 12.3. The molecule has 2 rings (SSSR count). The minimum Gasteiger partial charge on any atom is -0.297 e. The van der Waals surface area contributed by atoms with Gasteiger partial charge in [0.25, 0.3) is 0 Å². The largest absolute Gasteiger partial charge is 0.297 e. The third-order valence-corrected chi connectivity index (χ3v) is 2.79. The van der Waals surface area contributed by atoms with Crippen LogP contribution in [0.3, 0.4) is 0 Å². The molecule has 1 unspecified atom stereocenters. The van der Waals surface area contributed by atoms with E-state index < -0.39 is 23.4 Å². The van der Waals surface area contributed by atoms with E-state index >= 15 is 0 Å². The SMILES string of the molecule is CC(=O)C(N=Nc1cccc(F)c1)C(=O)c1ccccc1. The van der Waals surface area contributed by atoms with Crippen LogP contribution in [0.25, 0.3) is 0 Å². The van der Waals surface area contributed by atoms with Crippen molar-refractivity contribution in [1.29, 1.82) is 0 Å². The number of halogens is 1. The number of benzene rings is 2. The van der Waals surface area contributed by atoms with Gasteiger partial charge in [-0.05, 0) is 19.1 Å². The lowest BCUT2D eigenvalue weighted by atomic mass is 10.0. The first-order valence-corrected chi connectivity index (χ1v) is 6.34. The van der Waals surface area contributed by atoms with Crippen LogP contribution in [0.5, 0.6) is 0 Å². The maximum Gasteiger partial charge on any atom is 0.196 e. The number of azo groups is 1. The van der Waals surface area contributed by atoms with Crippen molar-refractivity contribution in [3.63, 3.8) is 0 Å². The summed E-state index contributed by atoms with van der Waals surface area (Å²) in [4.78, 5) is 23.8. The summed E-state index contributed by atoms with van der Waals surface area (Å²) in [6.07, 6.45) is 0. The maximum absolute atomic E-state index is 13.0. The van der Waals surface area contributed by atoms with Crippen LogP contribution < -0.4 is 0 Å². The van der Waals surface area contributed by atoms with E-state index in [1.165, 1.54) is 31.2 Å². The van der Waals surface area contributed by atoms with Crippen LogP contribution in [-0.2, 0) is 4.79 Å². The molecular weight excluding hydrogens is 271 g/mol. The summed E-state index contributed by atoms with van der Waals surface area (Å²) < 4.78 is 13.0. The van der Waals surface area contributed by atoms with Gasteiger partial charge in [0.1, 0.15) is 5.82 Å². The number of rotatable bonds is 5. The summed E-state index contributed by atoms with van der Waals surface area (Å²) in [5.74, 6) is -1.30. The van der Waals surface area contributed by atoms with Crippen molar-refractivity contribution in [1.82, 2.24) is 0 Å². The summed E-state index contributed by atoms with van der Waals surface area (Å²) >= 11 is 0. The van der Waals surface area contributed by atoms with Gasteiger partial charge in [0.15, 0.2) is 17.6 Å². The van der Waals surface area contributed by atoms with E-state index in [2.05, 4.69) is 10.2 Å². The highest BCUT2D eigenvalue weighted by Crippen LogP contribution is 2.16. The second-order valence-electron chi connectivity index (χ2n) is 4.44. The van der Waals surface area contributed by atoms with E-state index in [9.17, 15) is 14.0 Å². The summed E-state index contributed by atoms with van der Waals surface area (Å²) in [6, 6.07) is 12.6. The van der Waals surface area contributed by atoms with Crippen molar-refractivity contribution >= 4 is 17.3 Å². The minimum absolute atomic E-state index is 0.252. The molecule has 0 fully saturated rings. The Bertz CT molecular complexity index is 684.